The van der Waals surface area contributed by atoms with Gasteiger partial charge in [0.05, 0.1) is 12.9 Å². The van der Waals surface area contributed by atoms with Crippen LogP contribution in [0.5, 0.6) is 5.88 Å². The van der Waals surface area contributed by atoms with Gasteiger partial charge in [-0.15, -0.1) is 0 Å². The third-order valence-electron chi connectivity index (χ3n) is 3.54. The van der Waals surface area contributed by atoms with Crippen molar-refractivity contribution in [2.75, 3.05) is 18.9 Å². The van der Waals surface area contributed by atoms with E-state index in [9.17, 15) is 15.3 Å². The van der Waals surface area contributed by atoms with E-state index in [1.807, 2.05) is 0 Å². The van der Waals surface area contributed by atoms with Gasteiger partial charge in [-0.3, -0.25) is 4.57 Å². The van der Waals surface area contributed by atoms with E-state index in [1.54, 1.807) is 6.08 Å². The molecule has 5 N–H and O–H groups in total. The van der Waals surface area contributed by atoms with E-state index in [2.05, 4.69) is 21.5 Å². The molecule has 0 spiro atoms. The molecule has 0 saturated carbocycles. The summed E-state index contributed by atoms with van der Waals surface area (Å²) in [6.45, 7) is 3.34. The van der Waals surface area contributed by atoms with Crippen molar-refractivity contribution in [3.05, 3.63) is 19.0 Å². The first-order chi connectivity index (χ1) is 11.1. The van der Waals surface area contributed by atoms with Crippen LogP contribution < -0.4 is 10.5 Å². The highest BCUT2D eigenvalue weighted by molar-refractivity contribution is 5.77. The number of aliphatic hydroxyl groups is 3. The lowest BCUT2D eigenvalue weighted by molar-refractivity contribution is -0.0511. The standard InChI is InChI=1S/C13H17N5O5/c1-2-3-22-11-7-10(16-13(14)17-11)18(5-15-7)12-9(21)8(20)6(4-19)23-12/h2,5-6,8-9,12,19-21H,1,3-4H2,(H2,14,16,17)/t6-,8-,9-,12-/m1/s1. The van der Waals surface area contributed by atoms with Crippen molar-refractivity contribution in [2.24, 2.45) is 0 Å². The number of nitrogen functional groups attached to an aromatic ring is 1. The van der Waals surface area contributed by atoms with E-state index in [1.165, 1.54) is 10.9 Å². The predicted octanol–water partition coefficient (Wildman–Crippen LogP) is -1.42. The zero-order valence-electron chi connectivity index (χ0n) is 12.1. The summed E-state index contributed by atoms with van der Waals surface area (Å²) >= 11 is 0. The number of hydrogen-bond acceptors (Lipinski definition) is 9. The molecule has 0 aliphatic carbocycles. The van der Waals surface area contributed by atoms with Gasteiger partial charge in [-0.05, 0) is 0 Å². The summed E-state index contributed by atoms with van der Waals surface area (Å²) in [5, 5.41) is 29.2. The summed E-state index contributed by atoms with van der Waals surface area (Å²) in [5.41, 5.74) is 6.29. The summed E-state index contributed by atoms with van der Waals surface area (Å²) in [5.74, 6) is 0.142. The maximum absolute atomic E-state index is 10.1. The summed E-state index contributed by atoms with van der Waals surface area (Å²) in [6.07, 6.45) is -1.42. The molecule has 1 aliphatic heterocycles. The monoisotopic (exact) mass is 323 g/mol. The number of nitrogens with zero attached hydrogens (tertiary/aromatic N) is 4. The fourth-order valence-corrected chi connectivity index (χ4v) is 2.44. The van der Waals surface area contributed by atoms with Crippen molar-refractivity contribution in [3.8, 4) is 5.88 Å². The lowest BCUT2D eigenvalue weighted by atomic mass is 10.1. The molecule has 2 aromatic rings. The Hall–Kier alpha value is -2.27. The molecule has 1 aliphatic rings. The summed E-state index contributed by atoms with van der Waals surface area (Å²) in [6, 6.07) is 0. The van der Waals surface area contributed by atoms with Crippen molar-refractivity contribution in [2.45, 2.75) is 24.5 Å². The van der Waals surface area contributed by atoms with Gasteiger partial charge in [0.1, 0.15) is 24.9 Å². The van der Waals surface area contributed by atoms with Crippen molar-refractivity contribution in [1.82, 2.24) is 19.5 Å². The normalized spacial score (nSPS) is 27.4. The molecule has 23 heavy (non-hydrogen) atoms. The Balaban J connectivity index is 2.02. The van der Waals surface area contributed by atoms with Crippen molar-refractivity contribution in [3.63, 3.8) is 0 Å². The van der Waals surface area contributed by atoms with Gasteiger partial charge < -0.3 is 30.5 Å². The lowest BCUT2D eigenvalue weighted by Crippen LogP contribution is -2.33. The minimum Gasteiger partial charge on any atom is -0.472 e. The Labute approximate surface area is 130 Å². The number of anilines is 1. The number of aromatic nitrogens is 4. The van der Waals surface area contributed by atoms with E-state index >= 15 is 0 Å². The molecule has 3 heterocycles. The highest BCUT2D eigenvalue weighted by atomic mass is 16.6. The number of rotatable bonds is 5. The number of imidazole rings is 1. The zero-order chi connectivity index (χ0) is 16.6. The molecule has 3 rings (SSSR count). The van der Waals surface area contributed by atoms with Crippen LogP contribution in [0.1, 0.15) is 6.23 Å². The van der Waals surface area contributed by atoms with E-state index in [-0.39, 0.29) is 24.1 Å². The fraction of sp³-hybridized carbons (Fsp3) is 0.462. The van der Waals surface area contributed by atoms with Crippen LogP contribution in [-0.4, -0.2) is 66.4 Å². The van der Waals surface area contributed by atoms with Crippen LogP contribution in [-0.2, 0) is 4.74 Å². The van der Waals surface area contributed by atoms with Crippen LogP contribution in [0, 0.1) is 0 Å². The van der Waals surface area contributed by atoms with Crippen molar-refractivity contribution >= 4 is 17.1 Å². The van der Waals surface area contributed by atoms with Crippen molar-refractivity contribution in [1.29, 1.82) is 0 Å². The molecule has 0 radical (unpaired) electrons. The fourth-order valence-electron chi connectivity index (χ4n) is 2.44. The van der Waals surface area contributed by atoms with Crippen LogP contribution in [0.15, 0.2) is 19.0 Å². The molecule has 10 nitrogen and oxygen atoms in total. The topological polar surface area (TPSA) is 149 Å². The average Bonchev–Trinajstić information content (AvgIpc) is 3.07. The second-order valence-corrected chi connectivity index (χ2v) is 5.04. The molecule has 1 saturated heterocycles. The number of aliphatic hydroxyl groups excluding tert-OH is 3. The highest BCUT2D eigenvalue weighted by Crippen LogP contribution is 2.32. The summed E-state index contributed by atoms with van der Waals surface area (Å²) in [7, 11) is 0. The van der Waals surface area contributed by atoms with Gasteiger partial charge in [-0.25, -0.2) is 4.98 Å². The Bertz CT molecular complexity index is 720. The van der Waals surface area contributed by atoms with Gasteiger partial charge in [-0.2, -0.15) is 9.97 Å². The lowest BCUT2D eigenvalue weighted by Gasteiger charge is -2.16. The van der Waals surface area contributed by atoms with Crippen molar-refractivity contribution < 1.29 is 24.8 Å². The Morgan fingerprint density at radius 2 is 2.17 bits per heavy atom. The molecule has 0 bridgehead atoms. The van der Waals surface area contributed by atoms with Crippen LogP contribution in [0.4, 0.5) is 5.95 Å². The smallest absolute Gasteiger partial charge is 0.247 e. The van der Waals surface area contributed by atoms with Gasteiger partial charge in [0.15, 0.2) is 17.4 Å². The molecular formula is C13H17N5O5. The molecule has 0 unspecified atom stereocenters. The quantitative estimate of drug-likeness (QED) is 0.486. The number of fused-ring (bicyclic) bond motifs is 1. The summed E-state index contributed by atoms with van der Waals surface area (Å²) in [4.78, 5) is 12.2. The number of hydrogen-bond donors (Lipinski definition) is 4. The molecular weight excluding hydrogens is 306 g/mol. The van der Waals surface area contributed by atoms with Gasteiger partial charge in [0.25, 0.3) is 0 Å². The highest BCUT2D eigenvalue weighted by Gasteiger charge is 2.44. The molecule has 0 aromatic carbocycles. The first-order valence-corrected chi connectivity index (χ1v) is 6.93. The SMILES string of the molecule is C=CCOc1nc(N)nc2c1ncn2[C@@H]1O[C@H](CO)[C@@H](O)[C@H]1O. The number of nitrogens with two attached hydrogens (primary N) is 1. The third kappa shape index (κ3) is 2.61. The Kier molecular flexibility index (Phi) is 4.13. The maximum Gasteiger partial charge on any atom is 0.247 e. The van der Waals surface area contributed by atoms with Gasteiger partial charge in [0, 0.05) is 0 Å². The van der Waals surface area contributed by atoms with E-state index < -0.39 is 31.1 Å². The molecule has 0 amide bonds. The third-order valence-corrected chi connectivity index (χ3v) is 3.54. The Morgan fingerprint density at radius 3 is 2.83 bits per heavy atom. The first kappa shape index (κ1) is 15.6. The number of ether oxygens (including phenoxy) is 2. The minimum atomic E-state index is -1.25. The second kappa shape index (κ2) is 6.08. The molecule has 10 heteroatoms. The Morgan fingerprint density at radius 1 is 1.39 bits per heavy atom. The molecule has 2 aromatic heterocycles. The van der Waals surface area contributed by atoms with E-state index in [0.717, 1.165) is 0 Å². The van der Waals surface area contributed by atoms with Gasteiger partial charge >= 0.3 is 0 Å². The molecule has 1 fully saturated rings. The average molecular weight is 323 g/mol. The van der Waals surface area contributed by atoms with Gasteiger partial charge in [0.2, 0.25) is 11.8 Å². The minimum absolute atomic E-state index is 0.0370. The molecule has 4 atom stereocenters. The van der Waals surface area contributed by atoms with Crippen LogP contribution in [0.2, 0.25) is 0 Å². The van der Waals surface area contributed by atoms with E-state index in [0.29, 0.717) is 5.52 Å². The van der Waals surface area contributed by atoms with Crippen LogP contribution in [0.3, 0.4) is 0 Å². The van der Waals surface area contributed by atoms with Gasteiger partial charge in [-0.1, -0.05) is 12.7 Å². The molecule has 124 valence electrons. The predicted molar refractivity (Wildman–Crippen MR) is 78.4 cm³/mol. The van der Waals surface area contributed by atoms with Crippen LogP contribution >= 0.6 is 0 Å². The first-order valence-electron chi connectivity index (χ1n) is 6.93. The van der Waals surface area contributed by atoms with E-state index in [4.69, 9.17) is 15.2 Å². The van der Waals surface area contributed by atoms with Crippen LogP contribution in [0.25, 0.3) is 11.2 Å². The summed E-state index contributed by atoms with van der Waals surface area (Å²) < 4.78 is 12.3. The maximum atomic E-state index is 10.1. The largest absolute Gasteiger partial charge is 0.472 e. The second-order valence-electron chi connectivity index (χ2n) is 5.04. The zero-order valence-corrected chi connectivity index (χ0v) is 12.1.